The van der Waals surface area contributed by atoms with Gasteiger partial charge in [-0.05, 0) is 63.6 Å². The number of hydrogen-bond acceptors (Lipinski definition) is 3. The molecule has 2 aromatic heterocycles. The predicted molar refractivity (Wildman–Crippen MR) is 93.9 cm³/mol. The molecule has 108 valence electrons. The van der Waals surface area contributed by atoms with Gasteiger partial charge in [0, 0.05) is 17.6 Å². The number of pyridine rings is 1. The number of likely N-dealkylation sites (N-methyl/N-ethyl adjacent to an activating group) is 1. The Labute approximate surface area is 137 Å². The zero-order valence-corrected chi connectivity index (χ0v) is 14.2. The van der Waals surface area contributed by atoms with Crippen LogP contribution < -0.4 is 5.32 Å². The smallest absolute Gasteiger partial charge is 0.0704 e. The average Bonchev–Trinajstić information content (AvgIpc) is 2.94. The molecule has 0 spiro atoms. The summed E-state index contributed by atoms with van der Waals surface area (Å²) in [6, 6.07) is 13.0. The molecule has 0 amide bonds. The Morgan fingerprint density at radius 2 is 2.14 bits per heavy atom. The first-order valence-corrected chi connectivity index (χ1v) is 8.75. The van der Waals surface area contributed by atoms with Crippen molar-refractivity contribution in [3.63, 3.8) is 0 Å². The first-order chi connectivity index (χ1) is 10.3. The fraction of sp³-hybridized carbons (Fsp3) is 0.235. The van der Waals surface area contributed by atoms with Crippen LogP contribution in [-0.2, 0) is 6.42 Å². The SMILES string of the molecule is CCNC(Cc1ccnc2ccccc12)c1csc(Br)c1. The van der Waals surface area contributed by atoms with Crippen LogP contribution >= 0.6 is 27.3 Å². The van der Waals surface area contributed by atoms with Crippen molar-refractivity contribution in [3.8, 4) is 0 Å². The number of benzene rings is 1. The van der Waals surface area contributed by atoms with Crippen molar-refractivity contribution in [2.75, 3.05) is 6.54 Å². The van der Waals surface area contributed by atoms with Gasteiger partial charge in [-0.1, -0.05) is 25.1 Å². The molecule has 21 heavy (non-hydrogen) atoms. The molecular formula is C17H17BrN2S. The summed E-state index contributed by atoms with van der Waals surface area (Å²) in [5.41, 5.74) is 3.75. The number of nitrogens with one attached hydrogen (secondary N) is 1. The van der Waals surface area contributed by atoms with Crippen molar-refractivity contribution in [3.05, 3.63) is 62.9 Å². The third kappa shape index (κ3) is 3.34. The van der Waals surface area contributed by atoms with Gasteiger partial charge >= 0.3 is 0 Å². The molecule has 4 heteroatoms. The monoisotopic (exact) mass is 360 g/mol. The lowest BCUT2D eigenvalue weighted by Crippen LogP contribution is -2.22. The summed E-state index contributed by atoms with van der Waals surface area (Å²) in [4.78, 5) is 4.45. The molecule has 1 atom stereocenters. The van der Waals surface area contributed by atoms with Crippen LogP contribution in [0.15, 0.2) is 51.8 Å². The summed E-state index contributed by atoms with van der Waals surface area (Å²) in [5.74, 6) is 0. The van der Waals surface area contributed by atoms with E-state index in [2.05, 4.69) is 68.9 Å². The van der Waals surface area contributed by atoms with Crippen molar-refractivity contribution in [1.82, 2.24) is 10.3 Å². The minimum Gasteiger partial charge on any atom is -0.310 e. The standard InChI is InChI=1S/C17H17BrN2S/c1-2-19-16(13-10-17(18)21-11-13)9-12-7-8-20-15-6-4-3-5-14(12)15/h3-8,10-11,16,19H,2,9H2,1H3. The number of para-hydroxylation sites is 1. The molecule has 2 nitrogen and oxygen atoms in total. The number of rotatable bonds is 5. The summed E-state index contributed by atoms with van der Waals surface area (Å²) in [6.45, 7) is 3.11. The molecule has 2 heterocycles. The number of thiophene rings is 1. The van der Waals surface area contributed by atoms with E-state index in [1.165, 1.54) is 20.3 Å². The molecule has 1 N–H and O–H groups in total. The maximum atomic E-state index is 4.45. The summed E-state index contributed by atoms with van der Waals surface area (Å²) < 4.78 is 1.18. The second kappa shape index (κ2) is 6.69. The Morgan fingerprint density at radius 3 is 2.90 bits per heavy atom. The van der Waals surface area contributed by atoms with Crippen molar-refractivity contribution >= 4 is 38.2 Å². The van der Waals surface area contributed by atoms with Crippen LogP contribution in [-0.4, -0.2) is 11.5 Å². The van der Waals surface area contributed by atoms with E-state index in [0.717, 1.165) is 18.5 Å². The van der Waals surface area contributed by atoms with E-state index in [-0.39, 0.29) is 0 Å². The van der Waals surface area contributed by atoms with Crippen molar-refractivity contribution < 1.29 is 0 Å². The highest BCUT2D eigenvalue weighted by Gasteiger charge is 2.14. The van der Waals surface area contributed by atoms with Crippen molar-refractivity contribution in [2.24, 2.45) is 0 Å². The van der Waals surface area contributed by atoms with Crippen LogP contribution in [0.4, 0.5) is 0 Å². The van der Waals surface area contributed by atoms with Crippen LogP contribution in [0, 0.1) is 0 Å². The first kappa shape index (κ1) is 14.7. The Morgan fingerprint density at radius 1 is 1.29 bits per heavy atom. The molecule has 0 saturated carbocycles. The third-order valence-electron chi connectivity index (χ3n) is 3.60. The van der Waals surface area contributed by atoms with E-state index in [1.54, 1.807) is 11.3 Å². The maximum Gasteiger partial charge on any atom is 0.0704 e. The van der Waals surface area contributed by atoms with Crippen LogP contribution in [0.3, 0.4) is 0 Å². The van der Waals surface area contributed by atoms with E-state index in [9.17, 15) is 0 Å². The van der Waals surface area contributed by atoms with Crippen molar-refractivity contribution in [2.45, 2.75) is 19.4 Å². The lowest BCUT2D eigenvalue weighted by molar-refractivity contribution is 0.552. The normalized spacial score (nSPS) is 12.7. The number of nitrogens with zero attached hydrogens (tertiary/aromatic N) is 1. The topological polar surface area (TPSA) is 24.9 Å². The number of aromatic nitrogens is 1. The van der Waals surface area contributed by atoms with Gasteiger partial charge in [0.05, 0.1) is 9.30 Å². The zero-order chi connectivity index (χ0) is 14.7. The van der Waals surface area contributed by atoms with Gasteiger partial charge in [-0.3, -0.25) is 4.98 Å². The Bertz CT molecular complexity index is 733. The summed E-state index contributed by atoms with van der Waals surface area (Å²) in [6.07, 6.45) is 2.88. The molecule has 1 aromatic carbocycles. The Kier molecular flexibility index (Phi) is 4.68. The predicted octanol–water partition coefficient (Wildman–Crippen LogP) is 4.95. The molecule has 0 aliphatic carbocycles. The second-order valence-electron chi connectivity index (χ2n) is 4.99. The molecule has 0 bridgehead atoms. The largest absolute Gasteiger partial charge is 0.310 e. The van der Waals surface area contributed by atoms with Gasteiger partial charge < -0.3 is 5.32 Å². The van der Waals surface area contributed by atoms with Gasteiger partial charge in [0.15, 0.2) is 0 Å². The van der Waals surface area contributed by atoms with Gasteiger partial charge in [-0.15, -0.1) is 11.3 Å². The van der Waals surface area contributed by atoms with Crippen LogP contribution in [0.25, 0.3) is 10.9 Å². The van der Waals surface area contributed by atoms with Crippen LogP contribution in [0.2, 0.25) is 0 Å². The molecule has 0 radical (unpaired) electrons. The van der Waals surface area contributed by atoms with E-state index < -0.39 is 0 Å². The maximum absolute atomic E-state index is 4.45. The number of fused-ring (bicyclic) bond motifs is 1. The summed E-state index contributed by atoms with van der Waals surface area (Å²) in [7, 11) is 0. The van der Waals surface area contributed by atoms with E-state index in [0.29, 0.717) is 6.04 Å². The van der Waals surface area contributed by atoms with Gasteiger partial charge in [0.25, 0.3) is 0 Å². The Hall–Kier alpha value is -1.23. The van der Waals surface area contributed by atoms with Crippen LogP contribution in [0.5, 0.6) is 0 Å². The summed E-state index contributed by atoms with van der Waals surface area (Å²) >= 11 is 5.29. The summed E-state index contributed by atoms with van der Waals surface area (Å²) in [5, 5.41) is 7.06. The van der Waals surface area contributed by atoms with E-state index >= 15 is 0 Å². The molecule has 0 fully saturated rings. The number of halogens is 1. The second-order valence-corrected chi connectivity index (χ2v) is 7.28. The molecule has 0 aliphatic heterocycles. The van der Waals surface area contributed by atoms with Gasteiger partial charge in [0.1, 0.15) is 0 Å². The van der Waals surface area contributed by atoms with Gasteiger partial charge in [-0.2, -0.15) is 0 Å². The zero-order valence-electron chi connectivity index (χ0n) is 11.8. The fourth-order valence-corrected chi connectivity index (χ4v) is 3.84. The molecular weight excluding hydrogens is 344 g/mol. The third-order valence-corrected chi connectivity index (χ3v) is 5.13. The fourth-order valence-electron chi connectivity index (χ4n) is 2.61. The molecule has 3 aromatic rings. The average molecular weight is 361 g/mol. The van der Waals surface area contributed by atoms with Crippen LogP contribution in [0.1, 0.15) is 24.1 Å². The van der Waals surface area contributed by atoms with Crippen molar-refractivity contribution in [1.29, 1.82) is 0 Å². The first-order valence-electron chi connectivity index (χ1n) is 7.08. The van der Waals surface area contributed by atoms with Gasteiger partial charge in [-0.25, -0.2) is 0 Å². The minimum atomic E-state index is 0.336. The lowest BCUT2D eigenvalue weighted by Gasteiger charge is -2.18. The molecule has 3 rings (SSSR count). The molecule has 1 unspecified atom stereocenters. The highest BCUT2D eigenvalue weighted by Crippen LogP contribution is 2.29. The molecule has 0 saturated heterocycles. The van der Waals surface area contributed by atoms with E-state index in [4.69, 9.17) is 0 Å². The highest BCUT2D eigenvalue weighted by molar-refractivity contribution is 9.11. The lowest BCUT2D eigenvalue weighted by atomic mass is 9.98. The number of hydrogen-bond donors (Lipinski definition) is 1. The minimum absolute atomic E-state index is 0.336. The van der Waals surface area contributed by atoms with Gasteiger partial charge in [0.2, 0.25) is 0 Å². The highest BCUT2D eigenvalue weighted by atomic mass is 79.9. The van der Waals surface area contributed by atoms with E-state index in [1.807, 2.05) is 12.3 Å². The quantitative estimate of drug-likeness (QED) is 0.695. The Balaban J connectivity index is 1.94. The molecule has 0 aliphatic rings.